The molecule has 0 saturated carbocycles. The van der Waals surface area contributed by atoms with Crippen LogP contribution in [0.15, 0.2) is 23.9 Å². The second-order valence-corrected chi connectivity index (χ2v) is 6.12. The Morgan fingerprint density at radius 3 is 2.73 bits per heavy atom. The zero-order valence-electron chi connectivity index (χ0n) is 11.3. The summed E-state index contributed by atoms with van der Waals surface area (Å²) in [6.07, 6.45) is -0.332. The molecule has 124 valence electrons. The van der Waals surface area contributed by atoms with Gasteiger partial charge in [-0.05, 0) is 0 Å². The number of hydrogen-bond acceptors (Lipinski definition) is 7. The molecule has 4 unspecified atom stereocenters. The van der Waals surface area contributed by atoms with E-state index in [4.69, 9.17) is 20.3 Å². The molecule has 10 nitrogen and oxygen atoms in total. The summed E-state index contributed by atoms with van der Waals surface area (Å²) in [7, 11) is -4.71. The lowest BCUT2D eigenvalue weighted by atomic mass is 10.1. The van der Waals surface area contributed by atoms with E-state index in [1.165, 1.54) is 17.2 Å². The van der Waals surface area contributed by atoms with Gasteiger partial charge in [0.25, 0.3) is 0 Å². The Labute approximate surface area is 125 Å². The van der Waals surface area contributed by atoms with Crippen molar-refractivity contribution in [3.05, 3.63) is 23.9 Å². The SMILES string of the molecule is NC(=O)C1=CN(C2OC(COP(=O)(O)O)C(O)C2O)CC=C1. The zero-order chi connectivity index (χ0) is 16.5. The molecular weight excluding hydrogens is 319 g/mol. The van der Waals surface area contributed by atoms with Gasteiger partial charge in [0.05, 0.1) is 12.2 Å². The van der Waals surface area contributed by atoms with Crippen LogP contribution in [-0.4, -0.2) is 68.5 Å². The number of carbonyl (C=O) groups excluding carboxylic acids is 1. The summed E-state index contributed by atoms with van der Waals surface area (Å²) in [6, 6.07) is 0. The van der Waals surface area contributed by atoms with Gasteiger partial charge in [-0.1, -0.05) is 12.2 Å². The number of phosphoric acid groups is 1. The Balaban J connectivity index is 2.05. The largest absolute Gasteiger partial charge is 0.469 e. The summed E-state index contributed by atoms with van der Waals surface area (Å²) in [5.74, 6) is -0.657. The zero-order valence-corrected chi connectivity index (χ0v) is 12.2. The lowest BCUT2D eigenvalue weighted by Crippen LogP contribution is -2.42. The first-order valence-electron chi connectivity index (χ1n) is 6.34. The van der Waals surface area contributed by atoms with Crippen LogP contribution in [0.5, 0.6) is 0 Å². The number of primary amides is 1. The number of rotatable bonds is 5. The molecule has 0 aromatic carbocycles. The molecule has 0 radical (unpaired) electrons. The lowest BCUT2D eigenvalue weighted by molar-refractivity contribution is -0.114. The Kier molecular flexibility index (Phi) is 5.03. The Bertz CT molecular complexity index is 544. The highest BCUT2D eigenvalue weighted by atomic mass is 31.2. The van der Waals surface area contributed by atoms with Crippen LogP contribution in [0.3, 0.4) is 0 Å². The minimum atomic E-state index is -4.71. The van der Waals surface area contributed by atoms with Gasteiger partial charge in [-0.2, -0.15) is 0 Å². The summed E-state index contributed by atoms with van der Waals surface area (Å²) in [6.45, 7) is -0.285. The van der Waals surface area contributed by atoms with E-state index in [-0.39, 0.29) is 5.57 Å². The van der Waals surface area contributed by atoms with Crippen LogP contribution in [0.2, 0.25) is 0 Å². The third-order valence-electron chi connectivity index (χ3n) is 3.27. The van der Waals surface area contributed by atoms with Gasteiger partial charge in [0.1, 0.15) is 18.3 Å². The third kappa shape index (κ3) is 3.93. The van der Waals surface area contributed by atoms with Crippen LogP contribution in [0.4, 0.5) is 0 Å². The number of nitrogens with two attached hydrogens (primary N) is 1. The number of carbonyl (C=O) groups is 1. The first-order chi connectivity index (χ1) is 10.2. The number of hydrogen-bond donors (Lipinski definition) is 5. The molecular formula is C11H17N2O8P. The molecule has 6 N–H and O–H groups in total. The van der Waals surface area contributed by atoms with Crippen LogP contribution in [0.1, 0.15) is 0 Å². The highest BCUT2D eigenvalue weighted by Gasteiger charge is 2.45. The summed E-state index contributed by atoms with van der Waals surface area (Å²) >= 11 is 0. The van der Waals surface area contributed by atoms with Crippen LogP contribution in [0, 0.1) is 0 Å². The van der Waals surface area contributed by atoms with E-state index in [0.717, 1.165) is 0 Å². The summed E-state index contributed by atoms with van der Waals surface area (Å²) in [5.41, 5.74) is 5.37. The fourth-order valence-corrected chi connectivity index (χ4v) is 2.55. The minimum Gasteiger partial charge on any atom is -0.387 e. The van der Waals surface area contributed by atoms with Crippen LogP contribution in [-0.2, 0) is 18.6 Å². The molecule has 0 aliphatic carbocycles. The fourth-order valence-electron chi connectivity index (χ4n) is 2.21. The van der Waals surface area contributed by atoms with Crippen molar-refractivity contribution in [1.29, 1.82) is 0 Å². The maximum Gasteiger partial charge on any atom is 0.469 e. The molecule has 2 aliphatic rings. The van der Waals surface area contributed by atoms with E-state index < -0.39 is 44.9 Å². The quantitative estimate of drug-likeness (QED) is 0.350. The van der Waals surface area contributed by atoms with Crippen molar-refractivity contribution < 1.29 is 38.6 Å². The molecule has 0 spiro atoms. The molecule has 0 aromatic heterocycles. The van der Waals surface area contributed by atoms with Gasteiger partial charge in [-0.25, -0.2) is 4.57 Å². The third-order valence-corrected chi connectivity index (χ3v) is 3.76. The standard InChI is InChI=1S/C11H17N2O8P/c12-10(16)6-2-1-3-13(4-6)11-9(15)8(14)7(21-11)5-20-22(17,18)19/h1-2,4,7-9,11,14-15H,3,5H2,(H2,12,16)(H2,17,18,19). The van der Waals surface area contributed by atoms with Gasteiger partial charge in [-0.15, -0.1) is 0 Å². The van der Waals surface area contributed by atoms with E-state index in [0.29, 0.717) is 6.54 Å². The van der Waals surface area contributed by atoms with Gasteiger partial charge in [0.2, 0.25) is 5.91 Å². The highest BCUT2D eigenvalue weighted by molar-refractivity contribution is 7.46. The molecule has 1 fully saturated rings. The molecule has 2 aliphatic heterocycles. The van der Waals surface area contributed by atoms with Crippen molar-refractivity contribution >= 4 is 13.7 Å². The molecule has 0 aromatic rings. The minimum absolute atomic E-state index is 0.200. The average Bonchev–Trinajstić information content (AvgIpc) is 2.72. The fraction of sp³-hybridized carbons (Fsp3) is 0.545. The first-order valence-corrected chi connectivity index (χ1v) is 7.87. The van der Waals surface area contributed by atoms with E-state index in [9.17, 15) is 19.6 Å². The number of ether oxygens (including phenoxy) is 1. The van der Waals surface area contributed by atoms with Gasteiger partial charge in [0, 0.05) is 12.7 Å². The normalized spacial score (nSPS) is 32.2. The first kappa shape index (κ1) is 17.1. The van der Waals surface area contributed by atoms with Gasteiger partial charge in [-0.3, -0.25) is 9.32 Å². The van der Waals surface area contributed by atoms with Crippen molar-refractivity contribution in [1.82, 2.24) is 4.90 Å². The second-order valence-electron chi connectivity index (χ2n) is 4.88. The van der Waals surface area contributed by atoms with Gasteiger partial charge in [0.15, 0.2) is 6.23 Å². The molecule has 4 atom stereocenters. The van der Waals surface area contributed by atoms with Crippen molar-refractivity contribution in [3.8, 4) is 0 Å². The van der Waals surface area contributed by atoms with Crippen molar-refractivity contribution in [3.63, 3.8) is 0 Å². The predicted molar refractivity (Wildman–Crippen MR) is 71.8 cm³/mol. The number of amides is 1. The molecule has 22 heavy (non-hydrogen) atoms. The van der Waals surface area contributed by atoms with Gasteiger partial charge < -0.3 is 35.4 Å². The predicted octanol–water partition coefficient (Wildman–Crippen LogP) is -2.22. The van der Waals surface area contributed by atoms with Crippen molar-refractivity contribution in [2.24, 2.45) is 5.73 Å². The van der Waals surface area contributed by atoms with Crippen LogP contribution < -0.4 is 5.73 Å². The van der Waals surface area contributed by atoms with E-state index in [1.807, 2.05) is 0 Å². The molecule has 2 rings (SSSR count). The number of nitrogens with zero attached hydrogens (tertiary/aromatic N) is 1. The van der Waals surface area contributed by atoms with E-state index >= 15 is 0 Å². The van der Waals surface area contributed by atoms with E-state index in [2.05, 4.69) is 4.52 Å². The smallest absolute Gasteiger partial charge is 0.387 e. The molecule has 0 bridgehead atoms. The maximum atomic E-state index is 11.2. The summed E-state index contributed by atoms with van der Waals surface area (Å²) in [5, 5.41) is 19.9. The Morgan fingerprint density at radius 1 is 1.45 bits per heavy atom. The molecule has 11 heteroatoms. The van der Waals surface area contributed by atoms with Crippen LogP contribution in [0.25, 0.3) is 0 Å². The van der Waals surface area contributed by atoms with Crippen molar-refractivity contribution in [2.75, 3.05) is 13.2 Å². The Morgan fingerprint density at radius 2 is 2.14 bits per heavy atom. The number of aliphatic hydroxyl groups excluding tert-OH is 2. The summed E-state index contributed by atoms with van der Waals surface area (Å²) in [4.78, 5) is 29.9. The summed E-state index contributed by atoms with van der Waals surface area (Å²) < 4.78 is 20.3. The highest BCUT2D eigenvalue weighted by Crippen LogP contribution is 2.37. The average molecular weight is 336 g/mol. The van der Waals surface area contributed by atoms with Gasteiger partial charge >= 0.3 is 7.82 Å². The van der Waals surface area contributed by atoms with Crippen molar-refractivity contribution in [2.45, 2.75) is 24.5 Å². The maximum absolute atomic E-state index is 11.2. The number of phosphoric ester groups is 1. The second kappa shape index (κ2) is 6.47. The monoisotopic (exact) mass is 336 g/mol. The molecule has 1 saturated heterocycles. The number of aliphatic hydroxyl groups is 2. The Hall–Kier alpha value is -1.26. The van der Waals surface area contributed by atoms with Crippen LogP contribution >= 0.6 is 7.82 Å². The molecule has 2 heterocycles. The topological polar surface area (TPSA) is 163 Å². The lowest BCUT2D eigenvalue weighted by Gasteiger charge is -2.30. The van der Waals surface area contributed by atoms with E-state index in [1.54, 1.807) is 6.08 Å². The molecule has 1 amide bonds.